The third-order valence-electron chi connectivity index (χ3n) is 9.54. The van der Waals surface area contributed by atoms with Crippen LogP contribution < -0.4 is 27.4 Å². The monoisotopic (exact) mass is 779 g/mol. The van der Waals surface area contributed by atoms with Crippen molar-refractivity contribution in [3.05, 3.63) is 0 Å². The number of hydrogen-bond acceptors (Lipinski definition) is 10. The van der Waals surface area contributed by atoms with Crippen LogP contribution in [0.15, 0.2) is 0 Å². The second-order valence-corrected chi connectivity index (χ2v) is 14.2. The van der Waals surface area contributed by atoms with E-state index in [-0.39, 0.29) is 31.3 Å². The van der Waals surface area contributed by atoms with Crippen LogP contribution in [0.25, 0.3) is 0 Å². The molecule has 1 heterocycles. The average Bonchev–Trinajstić information content (AvgIpc) is 3.10. The van der Waals surface area contributed by atoms with Crippen LogP contribution in [0.1, 0.15) is 149 Å². The molecule has 1 saturated heterocycles. The number of amides is 4. The Morgan fingerprint density at radius 3 is 1.72 bits per heavy atom. The number of carboxylic acids is 1. The molecule has 0 saturated carbocycles. The van der Waals surface area contributed by atoms with Gasteiger partial charge in [-0.2, -0.15) is 0 Å². The van der Waals surface area contributed by atoms with Gasteiger partial charge in [0.2, 0.25) is 23.6 Å². The van der Waals surface area contributed by atoms with Crippen LogP contribution in [-0.2, 0) is 33.4 Å². The lowest BCUT2D eigenvalue weighted by molar-refractivity contribution is -0.254. The van der Waals surface area contributed by atoms with Crippen molar-refractivity contribution in [2.45, 2.75) is 198 Å². The fourth-order valence-electron chi connectivity index (χ4n) is 6.15. The molecule has 0 bridgehead atoms. The number of ether oxygens (including phenoxy) is 2. The highest BCUT2D eigenvalue weighted by Crippen LogP contribution is 2.22. The standard InChI is InChI=1S/C37H69N5O10.ClH/c1-4-5-6-7-8-9-10-11-12-13-14-15-16-17-18-19-20-21-29(43)40-24-28-32(46)33(31(38)37(50)52-28)51-26(3)36(49)41-25(2)35(48)42-27(34(39)47)22-23-30(44)45;/h25-28,31-33,37,46,50H,4-24,38H2,1-3H3,(H2,39,47)(H,40,43)(H,41,49)(H,42,48)(H,44,45);1H/t25-,26+,27+,28+,31+,32+,33+,37+;/m0./s1. The molecule has 0 unspecified atom stereocenters. The number of rotatable bonds is 30. The Balaban J connectivity index is 0.0000270. The van der Waals surface area contributed by atoms with E-state index < -0.39 is 78.9 Å². The van der Waals surface area contributed by atoms with Crippen molar-refractivity contribution < 1.29 is 48.8 Å². The third kappa shape index (κ3) is 22.4. The van der Waals surface area contributed by atoms with Crippen LogP contribution in [0.2, 0.25) is 0 Å². The summed E-state index contributed by atoms with van der Waals surface area (Å²) >= 11 is 0. The largest absolute Gasteiger partial charge is 0.481 e. The number of carboxylic acid groups (broad SMARTS) is 1. The van der Waals surface area contributed by atoms with Gasteiger partial charge < -0.3 is 52.2 Å². The van der Waals surface area contributed by atoms with Crippen molar-refractivity contribution in [2.24, 2.45) is 11.5 Å². The van der Waals surface area contributed by atoms with Crippen LogP contribution >= 0.6 is 12.4 Å². The van der Waals surface area contributed by atoms with Gasteiger partial charge >= 0.3 is 5.97 Å². The molecule has 1 rings (SSSR count). The number of aliphatic carboxylic acids is 1. The van der Waals surface area contributed by atoms with Crippen LogP contribution in [0.4, 0.5) is 0 Å². The number of hydrogen-bond donors (Lipinski definition) is 8. The van der Waals surface area contributed by atoms with Crippen LogP contribution in [0.5, 0.6) is 0 Å². The van der Waals surface area contributed by atoms with E-state index in [4.69, 9.17) is 26.0 Å². The highest BCUT2D eigenvalue weighted by atomic mass is 35.5. The molecule has 8 atom stereocenters. The van der Waals surface area contributed by atoms with Crippen molar-refractivity contribution in [1.29, 1.82) is 0 Å². The lowest BCUT2D eigenvalue weighted by Gasteiger charge is -2.42. The van der Waals surface area contributed by atoms with E-state index in [1.165, 1.54) is 97.3 Å². The molecule has 1 fully saturated rings. The molecule has 1 aliphatic heterocycles. The predicted octanol–water partition coefficient (Wildman–Crippen LogP) is 3.08. The molecule has 10 N–H and O–H groups in total. The summed E-state index contributed by atoms with van der Waals surface area (Å²) in [4.78, 5) is 60.2. The minimum atomic E-state index is -1.54. The Morgan fingerprint density at radius 2 is 1.25 bits per heavy atom. The first kappa shape index (κ1) is 50.4. The zero-order chi connectivity index (χ0) is 38.9. The number of primary amides is 1. The van der Waals surface area contributed by atoms with Gasteiger partial charge in [0.1, 0.15) is 36.5 Å². The van der Waals surface area contributed by atoms with Gasteiger partial charge in [-0.05, 0) is 26.7 Å². The fourth-order valence-corrected chi connectivity index (χ4v) is 6.15. The first-order valence-corrected chi connectivity index (χ1v) is 19.6. The lowest BCUT2D eigenvalue weighted by Crippen LogP contribution is -2.65. The summed E-state index contributed by atoms with van der Waals surface area (Å²) in [6.45, 7) is 4.84. The van der Waals surface area contributed by atoms with Crippen molar-refractivity contribution >= 4 is 42.0 Å². The van der Waals surface area contributed by atoms with Crippen LogP contribution in [0.3, 0.4) is 0 Å². The van der Waals surface area contributed by atoms with Gasteiger partial charge in [0.05, 0.1) is 6.04 Å². The summed E-state index contributed by atoms with van der Waals surface area (Å²) in [6, 6.07) is -3.63. The molecule has 310 valence electrons. The SMILES string of the molecule is CCCCCCCCCCCCCCCCCCCC(=O)NC[C@H]1O[C@@H](O)[C@H](N)[C@@H](O[C@H](C)C(=O)N[C@@H](C)C(=O)N[C@H](CCC(=O)O)C(N)=O)[C@@H]1O.Cl. The molecule has 4 amide bonds. The van der Waals surface area contributed by atoms with E-state index in [9.17, 15) is 34.2 Å². The number of nitrogens with two attached hydrogens (primary N) is 2. The van der Waals surface area contributed by atoms with E-state index in [0.29, 0.717) is 6.42 Å². The summed E-state index contributed by atoms with van der Waals surface area (Å²) in [5.74, 6) is -3.84. The maximum absolute atomic E-state index is 12.8. The molecule has 0 aromatic heterocycles. The van der Waals surface area contributed by atoms with Gasteiger partial charge in [-0.25, -0.2) is 0 Å². The molecule has 15 nitrogen and oxygen atoms in total. The van der Waals surface area contributed by atoms with E-state index in [0.717, 1.165) is 25.7 Å². The molecular formula is C37H70ClN5O10. The molecule has 0 radical (unpaired) electrons. The predicted molar refractivity (Wildman–Crippen MR) is 204 cm³/mol. The molecule has 0 aromatic rings. The van der Waals surface area contributed by atoms with Crippen molar-refractivity contribution in [3.8, 4) is 0 Å². The number of nitrogens with one attached hydrogen (secondary N) is 3. The third-order valence-corrected chi connectivity index (χ3v) is 9.54. The molecule has 0 spiro atoms. The number of carbonyl (C=O) groups excluding carboxylic acids is 4. The van der Waals surface area contributed by atoms with Crippen LogP contribution in [0, 0.1) is 0 Å². The molecular weight excluding hydrogens is 710 g/mol. The van der Waals surface area contributed by atoms with Gasteiger partial charge in [0, 0.05) is 19.4 Å². The van der Waals surface area contributed by atoms with Crippen molar-refractivity contribution in [2.75, 3.05) is 6.54 Å². The topological polar surface area (TPSA) is 253 Å². The zero-order valence-corrected chi connectivity index (χ0v) is 33.0. The van der Waals surface area contributed by atoms with Gasteiger partial charge in [0.15, 0.2) is 6.29 Å². The summed E-state index contributed by atoms with van der Waals surface area (Å²) in [5.41, 5.74) is 11.3. The Kier molecular flexibility index (Phi) is 28.3. The number of unbranched alkanes of at least 4 members (excludes halogenated alkanes) is 16. The van der Waals surface area contributed by atoms with Gasteiger partial charge in [-0.3, -0.25) is 24.0 Å². The summed E-state index contributed by atoms with van der Waals surface area (Å²) in [6.07, 6.45) is 14.5. The van der Waals surface area contributed by atoms with Gasteiger partial charge in [0.25, 0.3) is 0 Å². The minimum absolute atomic E-state index is 0. The maximum atomic E-state index is 12.8. The Morgan fingerprint density at radius 1 is 0.755 bits per heavy atom. The van der Waals surface area contributed by atoms with E-state index in [2.05, 4.69) is 22.9 Å². The van der Waals surface area contributed by atoms with E-state index >= 15 is 0 Å². The normalized spacial score (nSPS) is 21.4. The molecule has 53 heavy (non-hydrogen) atoms. The molecule has 1 aliphatic rings. The number of aliphatic hydroxyl groups excluding tert-OH is 2. The second kappa shape index (κ2) is 29.8. The van der Waals surface area contributed by atoms with E-state index in [1.807, 2.05) is 0 Å². The first-order chi connectivity index (χ1) is 24.8. The smallest absolute Gasteiger partial charge is 0.303 e. The number of carbonyl (C=O) groups is 5. The number of aliphatic hydroxyl groups is 2. The van der Waals surface area contributed by atoms with Crippen molar-refractivity contribution in [1.82, 2.24) is 16.0 Å². The summed E-state index contributed by atoms with van der Waals surface area (Å²) in [5, 5.41) is 37.6. The highest BCUT2D eigenvalue weighted by Gasteiger charge is 2.45. The molecule has 0 aliphatic carbocycles. The molecule has 0 aromatic carbocycles. The Labute approximate surface area is 322 Å². The minimum Gasteiger partial charge on any atom is -0.481 e. The van der Waals surface area contributed by atoms with E-state index in [1.54, 1.807) is 0 Å². The highest BCUT2D eigenvalue weighted by molar-refractivity contribution is 5.92. The Bertz CT molecular complexity index is 1060. The zero-order valence-electron chi connectivity index (χ0n) is 32.2. The fraction of sp³-hybridized carbons (Fsp3) is 0.865. The quantitative estimate of drug-likeness (QED) is 0.0492. The Hall–Kier alpha value is -2.56. The van der Waals surface area contributed by atoms with Crippen LogP contribution in [-0.4, -0.2) is 100 Å². The van der Waals surface area contributed by atoms with Gasteiger partial charge in [-0.1, -0.05) is 110 Å². The van der Waals surface area contributed by atoms with Gasteiger partial charge in [-0.15, -0.1) is 12.4 Å². The second-order valence-electron chi connectivity index (χ2n) is 14.2. The average molecular weight is 780 g/mol. The molecule has 16 heteroatoms. The summed E-state index contributed by atoms with van der Waals surface area (Å²) in [7, 11) is 0. The van der Waals surface area contributed by atoms with Crippen molar-refractivity contribution in [3.63, 3.8) is 0 Å². The lowest BCUT2D eigenvalue weighted by atomic mass is 9.96. The maximum Gasteiger partial charge on any atom is 0.303 e. The number of halogens is 1. The summed E-state index contributed by atoms with van der Waals surface area (Å²) < 4.78 is 11.1. The first-order valence-electron chi connectivity index (χ1n) is 19.6.